The van der Waals surface area contributed by atoms with Gasteiger partial charge in [0.2, 0.25) is 0 Å². The minimum absolute atomic E-state index is 0.0190. The number of esters is 1. The van der Waals surface area contributed by atoms with Crippen LogP contribution in [0.3, 0.4) is 0 Å². The number of hydrazine groups is 1. The smallest absolute Gasteiger partial charge is 0.427 e. The third kappa shape index (κ3) is 7.84. The van der Waals surface area contributed by atoms with Crippen LogP contribution in [-0.4, -0.2) is 60.4 Å². The van der Waals surface area contributed by atoms with Crippen molar-refractivity contribution in [2.45, 2.75) is 45.3 Å². The van der Waals surface area contributed by atoms with Crippen molar-refractivity contribution in [3.8, 4) is 5.75 Å². The van der Waals surface area contributed by atoms with E-state index in [0.717, 1.165) is 21.9 Å². The molecular weight excluding hydrogens is 582 g/mol. The number of carbonyl (C=O) groups is 3. The van der Waals surface area contributed by atoms with E-state index in [-0.39, 0.29) is 24.0 Å². The van der Waals surface area contributed by atoms with Crippen LogP contribution >= 0.6 is 0 Å². The lowest BCUT2D eigenvalue weighted by molar-refractivity contribution is 0.0134. The highest BCUT2D eigenvalue weighted by Gasteiger charge is 2.39. The number of hydrogen-bond acceptors (Lipinski definition) is 7. The molecule has 1 aliphatic rings. The number of amides is 2. The fourth-order valence-corrected chi connectivity index (χ4v) is 6.01. The van der Waals surface area contributed by atoms with Gasteiger partial charge in [0.25, 0.3) is 0 Å². The lowest BCUT2D eigenvalue weighted by Gasteiger charge is -2.35. The van der Waals surface area contributed by atoms with Gasteiger partial charge in [-0.05, 0) is 79.8 Å². The van der Waals surface area contributed by atoms with Crippen molar-refractivity contribution in [1.82, 2.24) is 15.3 Å². The minimum Gasteiger partial charge on any atom is -0.465 e. The first kappa shape index (κ1) is 32.5. The van der Waals surface area contributed by atoms with E-state index in [1.165, 1.54) is 19.2 Å². The van der Waals surface area contributed by atoms with Gasteiger partial charge in [-0.3, -0.25) is 5.43 Å². The van der Waals surface area contributed by atoms with Gasteiger partial charge in [0, 0.05) is 25.6 Å². The van der Waals surface area contributed by atoms with Crippen molar-refractivity contribution in [3.63, 3.8) is 0 Å². The summed E-state index contributed by atoms with van der Waals surface area (Å²) in [6.45, 7) is 9.06. The lowest BCUT2D eigenvalue weighted by Crippen LogP contribution is -2.44. The van der Waals surface area contributed by atoms with Gasteiger partial charge in [-0.25, -0.2) is 19.4 Å². The Morgan fingerprint density at radius 2 is 1.57 bits per heavy atom. The summed E-state index contributed by atoms with van der Waals surface area (Å²) in [4.78, 5) is 40.4. The predicted octanol–water partition coefficient (Wildman–Crippen LogP) is 7.34. The Morgan fingerprint density at radius 3 is 2.26 bits per heavy atom. The number of rotatable bonds is 8. The van der Waals surface area contributed by atoms with Crippen LogP contribution in [0.25, 0.3) is 10.8 Å². The highest BCUT2D eigenvalue weighted by atomic mass is 16.6. The molecular formula is C37H41N3O6. The highest BCUT2D eigenvalue weighted by molar-refractivity contribution is 5.89. The molecule has 1 aliphatic heterocycles. The number of methoxy groups -OCH3 is 1. The van der Waals surface area contributed by atoms with Crippen molar-refractivity contribution in [1.29, 1.82) is 0 Å². The first-order chi connectivity index (χ1) is 22.0. The molecule has 0 unspecified atom stereocenters. The Morgan fingerprint density at radius 1 is 0.891 bits per heavy atom. The SMILES string of the molecule is COC(=O)c1ccc(OC(=O)NN2C[C@@H](CN(C(=O)OC(C)(C)C)[C@H](C)c3cccc4ccccc34)[C@@H](c3ccccc3)C2)cc1. The average Bonchev–Trinajstić information content (AvgIpc) is 3.44. The second kappa shape index (κ2) is 14.0. The number of nitrogens with zero attached hydrogens (tertiary/aromatic N) is 2. The average molecular weight is 624 g/mol. The third-order valence-corrected chi connectivity index (χ3v) is 8.20. The molecule has 5 rings (SSSR count). The van der Waals surface area contributed by atoms with Crippen LogP contribution in [0.1, 0.15) is 61.1 Å². The Bertz CT molecular complexity index is 1660. The van der Waals surface area contributed by atoms with Crippen LogP contribution in [0.15, 0.2) is 97.1 Å². The molecule has 0 saturated carbocycles. The van der Waals surface area contributed by atoms with E-state index in [9.17, 15) is 14.4 Å². The molecule has 0 aromatic heterocycles. The third-order valence-electron chi connectivity index (χ3n) is 8.20. The minimum atomic E-state index is -0.672. The molecule has 0 bridgehead atoms. The van der Waals surface area contributed by atoms with E-state index in [1.54, 1.807) is 12.1 Å². The summed E-state index contributed by atoms with van der Waals surface area (Å²) < 4.78 is 16.2. The second-order valence-electron chi connectivity index (χ2n) is 12.6. The maximum Gasteiger partial charge on any atom is 0.427 e. The quantitative estimate of drug-likeness (QED) is 0.205. The highest BCUT2D eigenvalue weighted by Crippen LogP contribution is 2.36. The molecule has 240 valence electrons. The van der Waals surface area contributed by atoms with Crippen LogP contribution in [0, 0.1) is 5.92 Å². The van der Waals surface area contributed by atoms with Crippen molar-refractivity contribution in [2.24, 2.45) is 5.92 Å². The molecule has 9 heteroatoms. The molecule has 4 aromatic carbocycles. The Labute approximate surface area is 270 Å². The van der Waals surface area contributed by atoms with Gasteiger partial charge in [0.1, 0.15) is 11.4 Å². The predicted molar refractivity (Wildman–Crippen MR) is 176 cm³/mol. The molecule has 1 heterocycles. The fraction of sp³-hybridized carbons (Fsp3) is 0.324. The topological polar surface area (TPSA) is 97.4 Å². The Hall–Kier alpha value is -4.89. The number of hydrogen-bond donors (Lipinski definition) is 1. The maximum absolute atomic E-state index is 13.9. The van der Waals surface area contributed by atoms with Gasteiger partial charge < -0.3 is 19.1 Å². The van der Waals surface area contributed by atoms with Gasteiger partial charge in [0.05, 0.1) is 18.7 Å². The first-order valence-electron chi connectivity index (χ1n) is 15.5. The molecule has 3 atom stereocenters. The van der Waals surface area contributed by atoms with Gasteiger partial charge in [-0.15, -0.1) is 0 Å². The van der Waals surface area contributed by atoms with Gasteiger partial charge in [-0.1, -0.05) is 72.8 Å². The number of ether oxygens (including phenoxy) is 3. The number of fused-ring (bicyclic) bond motifs is 1. The van der Waals surface area contributed by atoms with E-state index >= 15 is 0 Å². The summed E-state index contributed by atoms with van der Waals surface area (Å²) in [7, 11) is 1.31. The summed E-state index contributed by atoms with van der Waals surface area (Å²) in [5, 5.41) is 4.03. The molecule has 4 aromatic rings. The van der Waals surface area contributed by atoms with Gasteiger partial charge in [-0.2, -0.15) is 0 Å². The standard InChI is InChI=1S/C37H41N3O6/c1-25(31-17-11-15-26-14-9-10-16-32(26)31)40(36(43)46-37(2,3)4)23-29-22-39(24-33(29)27-12-7-6-8-13-27)38-35(42)45-30-20-18-28(19-21-30)34(41)44-5/h6-21,25,29,33H,22-24H2,1-5H3,(H,38,42)/t25-,29+,33-/m1/s1. The van der Waals surface area contributed by atoms with E-state index < -0.39 is 17.7 Å². The van der Waals surface area contributed by atoms with E-state index in [1.807, 2.05) is 74.0 Å². The molecule has 2 amide bonds. The van der Waals surface area contributed by atoms with Gasteiger partial charge >= 0.3 is 18.2 Å². The molecule has 46 heavy (non-hydrogen) atoms. The molecule has 1 saturated heterocycles. The second-order valence-corrected chi connectivity index (χ2v) is 12.6. The Kier molecular flexibility index (Phi) is 9.92. The van der Waals surface area contributed by atoms with E-state index in [2.05, 4.69) is 41.8 Å². The summed E-state index contributed by atoms with van der Waals surface area (Å²) in [6, 6.07) is 30.3. The van der Waals surface area contributed by atoms with Crippen LogP contribution < -0.4 is 10.2 Å². The van der Waals surface area contributed by atoms with Crippen molar-refractivity contribution in [2.75, 3.05) is 26.7 Å². The van der Waals surface area contributed by atoms with Crippen molar-refractivity contribution in [3.05, 3.63) is 114 Å². The molecule has 0 aliphatic carbocycles. The lowest BCUT2D eigenvalue weighted by atomic mass is 9.88. The largest absolute Gasteiger partial charge is 0.465 e. The number of carbonyl (C=O) groups excluding carboxylic acids is 3. The summed E-state index contributed by atoms with van der Waals surface area (Å²) in [5.41, 5.74) is 4.72. The summed E-state index contributed by atoms with van der Waals surface area (Å²) >= 11 is 0. The van der Waals surface area contributed by atoms with Crippen molar-refractivity contribution < 1.29 is 28.6 Å². The van der Waals surface area contributed by atoms with Crippen LogP contribution in [0.4, 0.5) is 9.59 Å². The normalized spacial score (nSPS) is 17.2. The monoisotopic (exact) mass is 623 g/mol. The molecule has 1 fully saturated rings. The number of benzene rings is 4. The molecule has 0 radical (unpaired) electrons. The number of nitrogens with one attached hydrogen (secondary N) is 1. The zero-order chi connectivity index (χ0) is 32.8. The van der Waals surface area contributed by atoms with Crippen LogP contribution in [-0.2, 0) is 9.47 Å². The van der Waals surface area contributed by atoms with Gasteiger partial charge in [0.15, 0.2) is 0 Å². The summed E-state index contributed by atoms with van der Waals surface area (Å²) in [6.07, 6.45) is -1.03. The fourth-order valence-electron chi connectivity index (χ4n) is 6.01. The first-order valence-corrected chi connectivity index (χ1v) is 15.5. The van der Waals surface area contributed by atoms with Crippen molar-refractivity contribution >= 4 is 28.9 Å². The molecule has 1 N–H and O–H groups in total. The van der Waals surface area contributed by atoms with E-state index in [0.29, 0.717) is 30.9 Å². The molecule has 0 spiro atoms. The summed E-state index contributed by atoms with van der Waals surface area (Å²) in [5.74, 6) is -0.195. The van der Waals surface area contributed by atoms with E-state index in [4.69, 9.17) is 14.2 Å². The zero-order valence-electron chi connectivity index (χ0n) is 26.9. The molecule has 9 nitrogen and oxygen atoms in total. The maximum atomic E-state index is 13.9. The van der Waals surface area contributed by atoms with Crippen LogP contribution in [0.2, 0.25) is 0 Å². The van der Waals surface area contributed by atoms with Crippen LogP contribution in [0.5, 0.6) is 5.75 Å². The zero-order valence-corrected chi connectivity index (χ0v) is 26.9. The Balaban J connectivity index is 1.38.